The van der Waals surface area contributed by atoms with Crippen molar-refractivity contribution in [2.45, 2.75) is 24.1 Å². The van der Waals surface area contributed by atoms with Gasteiger partial charge in [-0.1, -0.05) is 66.8 Å². The van der Waals surface area contributed by atoms with Crippen molar-refractivity contribution in [3.8, 4) is 17.0 Å². The Bertz CT molecular complexity index is 877. The summed E-state index contributed by atoms with van der Waals surface area (Å²) in [4.78, 5) is 17.3. The summed E-state index contributed by atoms with van der Waals surface area (Å²) in [5.74, 6) is 0.635. The summed E-state index contributed by atoms with van der Waals surface area (Å²) in [7, 11) is 0. The SMILES string of the molecule is CCCCOc1ccc(C(=O)Nc2sc(SC)nc2-c2ccccc2)cc1. The number of hydrogen-bond donors (Lipinski definition) is 1. The van der Waals surface area contributed by atoms with Gasteiger partial charge in [0, 0.05) is 11.1 Å². The fourth-order valence-electron chi connectivity index (χ4n) is 2.48. The summed E-state index contributed by atoms with van der Waals surface area (Å²) in [6, 6.07) is 17.1. The number of hydrogen-bond acceptors (Lipinski definition) is 5. The first-order valence-corrected chi connectivity index (χ1v) is 10.9. The van der Waals surface area contributed by atoms with Gasteiger partial charge in [-0.3, -0.25) is 4.79 Å². The first kappa shape index (κ1) is 19.5. The molecule has 27 heavy (non-hydrogen) atoms. The number of unbranched alkanes of at least 4 members (excludes halogenated alkanes) is 1. The number of aromatic nitrogens is 1. The van der Waals surface area contributed by atoms with Crippen molar-refractivity contribution in [3.63, 3.8) is 0 Å². The second-order valence-corrected chi connectivity index (χ2v) is 7.96. The second-order valence-electron chi connectivity index (χ2n) is 5.91. The summed E-state index contributed by atoms with van der Waals surface area (Å²) in [5.41, 5.74) is 2.39. The number of thiazole rings is 1. The van der Waals surface area contributed by atoms with Crippen LogP contribution in [0.25, 0.3) is 11.3 Å². The Balaban J connectivity index is 1.75. The van der Waals surface area contributed by atoms with Crippen molar-refractivity contribution in [1.82, 2.24) is 4.98 Å². The zero-order chi connectivity index (χ0) is 19.1. The molecule has 3 aromatic rings. The number of anilines is 1. The van der Waals surface area contributed by atoms with E-state index in [1.807, 2.05) is 48.7 Å². The Kier molecular flexibility index (Phi) is 6.90. The normalized spacial score (nSPS) is 10.6. The molecule has 1 aromatic heterocycles. The highest BCUT2D eigenvalue weighted by atomic mass is 32.2. The third kappa shape index (κ3) is 5.11. The van der Waals surface area contributed by atoms with E-state index in [2.05, 4.69) is 17.2 Å². The van der Waals surface area contributed by atoms with Gasteiger partial charge in [-0.2, -0.15) is 0 Å². The van der Waals surface area contributed by atoms with Crippen LogP contribution in [0.1, 0.15) is 30.1 Å². The van der Waals surface area contributed by atoms with E-state index < -0.39 is 0 Å². The highest BCUT2D eigenvalue weighted by molar-refractivity contribution is 8.00. The van der Waals surface area contributed by atoms with Crippen LogP contribution < -0.4 is 10.1 Å². The van der Waals surface area contributed by atoms with Crippen molar-refractivity contribution in [1.29, 1.82) is 0 Å². The molecule has 0 fully saturated rings. The van der Waals surface area contributed by atoms with Crippen molar-refractivity contribution in [2.75, 3.05) is 18.2 Å². The maximum Gasteiger partial charge on any atom is 0.256 e. The van der Waals surface area contributed by atoms with E-state index in [9.17, 15) is 4.79 Å². The number of ether oxygens (including phenoxy) is 1. The molecule has 1 N–H and O–H groups in total. The van der Waals surface area contributed by atoms with Crippen LogP contribution in [-0.4, -0.2) is 23.8 Å². The number of nitrogens with zero attached hydrogens (tertiary/aromatic N) is 1. The molecule has 4 nitrogen and oxygen atoms in total. The van der Waals surface area contributed by atoms with E-state index in [-0.39, 0.29) is 5.91 Å². The fourth-order valence-corrected chi connectivity index (χ4v) is 3.96. The van der Waals surface area contributed by atoms with Crippen molar-refractivity contribution in [3.05, 3.63) is 60.2 Å². The summed E-state index contributed by atoms with van der Waals surface area (Å²) < 4.78 is 6.57. The zero-order valence-corrected chi connectivity index (χ0v) is 17.0. The van der Waals surface area contributed by atoms with Gasteiger partial charge in [0.05, 0.1) is 6.61 Å². The molecule has 2 aromatic carbocycles. The minimum Gasteiger partial charge on any atom is -0.494 e. The molecule has 0 aliphatic heterocycles. The summed E-state index contributed by atoms with van der Waals surface area (Å²) in [5, 5.41) is 3.78. The van der Waals surface area contributed by atoms with E-state index in [0.717, 1.165) is 39.2 Å². The smallest absolute Gasteiger partial charge is 0.256 e. The Labute approximate surface area is 168 Å². The number of benzene rings is 2. The summed E-state index contributed by atoms with van der Waals surface area (Å²) in [6.07, 6.45) is 4.10. The van der Waals surface area contributed by atoms with Crippen LogP contribution in [0.3, 0.4) is 0 Å². The molecule has 6 heteroatoms. The molecular weight excluding hydrogens is 376 g/mol. The molecule has 0 aliphatic carbocycles. The van der Waals surface area contributed by atoms with E-state index in [1.165, 1.54) is 11.3 Å². The molecule has 1 heterocycles. The van der Waals surface area contributed by atoms with Crippen molar-refractivity contribution >= 4 is 34.0 Å². The highest BCUT2D eigenvalue weighted by Gasteiger charge is 2.16. The highest BCUT2D eigenvalue weighted by Crippen LogP contribution is 2.37. The quantitative estimate of drug-likeness (QED) is 0.375. The molecule has 0 radical (unpaired) electrons. The topological polar surface area (TPSA) is 51.2 Å². The number of nitrogens with one attached hydrogen (secondary N) is 1. The van der Waals surface area contributed by atoms with Gasteiger partial charge < -0.3 is 10.1 Å². The molecule has 1 amide bonds. The molecule has 0 atom stereocenters. The Morgan fingerprint density at radius 2 is 1.89 bits per heavy atom. The van der Waals surface area contributed by atoms with Gasteiger partial charge in [-0.15, -0.1) is 0 Å². The number of thioether (sulfide) groups is 1. The average Bonchev–Trinajstić information content (AvgIpc) is 3.12. The largest absolute Gasteiger partial charge is 0.494 e. The monoisotopic (exact) mass is 398 g/mol. The third-order valence-corrected chi connectivity index (χ3v) is 5.90. The lowest BCUT2D eigenvalue weighted by Crippen LogP contribution is -2.11. The summed E-state index contributed by atoms with van der Waals surface area (Å²) in [6.45, 7) is 2.82. The van der Waals surface area contributed by atoms with Crippen LogP contribution in [0.2, 0.25) is 0 Å². The average molecular weight is 399 g/mol. The van der Waals surface area contributed by atoms with E-state index >= 15 is 0 Å². The lowest BCUT2D eigenvalue weighted by Gasteiger charge is -2.08. The third-order valence-electron chi connectivity index (χ3n) is 3.94. The first-order chi connectivity index (χ1) is 13.2. The van der Waals surface area contributed by atoms with Crippen LogP contribution >= 0.6 is 23.1 Å². The lowest BCUT2D eigenvalue weighted by molar-refractivity contribution is 0.102. The molecule has 0 spiro atoms. The fraction of sp³-hybridized carbons (Fsp3) is 0.238. The molecule has 0 unspecified atom stereocenters. The lowest BCUT2D eigenvalue weighted by atomic mass is 10.1. The minimum absolute atomic E-state index is 0.149. The van der Waals surface area contributed by atoms with Crippen molar-refractivity contribution in [2.24, 2.45) is 0 Å². The van der Waals surface area contributed by atoms with Gasteiger partial charge >= 0.3 is 0 Å². The van der Waals surface area contributed by atoms with Crippen molar-refractivity contribution < 1.29 is 9.53 Å². The summed E-state index contributed by atoms with van der Waals surface area (Å²) >= 11 is 3.06. The maximum atomic E-state index is 12.7. The predicted octanol–water partition coefficient (Wildman–Crippen LogP) is 5.96. The molecule has 0 saturated carbocycles. The minimum atomic E-state index is -0.149. The molecule has 140 valence electrons. The van der Waals surface area contributed by atoms with Gasteiger partial charge in [0.15, 0.2) is 4.34 Å². The number of carbonyl (C=O) groups excluding carboxylic acids is 1. The number of carbonyl (C=O) groups is 1. The van der Waals surface area contributed by atoms with Crippen LogP contribution in [-0.2, 0) is 0 Å². The Hall–Kier alpha value is -2.31. The second kappa shape index (κ2) is 9.58. The van der Waals surface area contributed by atoms with Crippen LogP contribution in [0.5, 0.6) is 5.75 Å². The van der Waals surface area contributed by atoms with Crippen LogP contribution in [0.15, 0.2) is 58.9 Å². The van der Waals surface area contributed by atoms with E-state index in [1.54, 1.807) is 23.9 Å². The van der Waals surface area contributed by atoms with E-state index in [4.69, 9.17) is 4.74 Å². The molecular formula is C21H22N2O2S2. The maximum absolute atomic E-state index is 12.7. The van der Waals surface area contributed by atoms with Crippen LogP contribution in [0, 0.1) is 0 Å². The predicted molar refractivity (Wildman–Crippen MR) is 114 cm³/mol. The van der Waals surface area contributed by atoms with Crippen LogP contribution in [0.4, 0.5) is 5.00 Å². The first-order valence-electron chi connectivity index (χ1n) is 8.85. The van der Waals surface area contributed by atoms with Gasteiger partial charge in [0.2, 0.25) is 0 Å². The van der Waals surface area contributed by atoms with Gasteiger partial charge in [-0.05, 0) is 36.9 Å². The molecule has 0 saturated heterocycles. The number of rotatable bonds is 8. The van der Waals surface area contributed by atoms with Gasteiger partial charge in [-0.25, -0.2) is 4.98 Å². The zero-order valence-electron chi connectivity index (χ0n) is 15.4. The molecule has 0 bridgehead atoms. The Morgan fingerprint density at radius 3 is 2.56 bits per heavy atom. The van der Waals surface area contributed by atoms with Gasteiger partial charge in [0.25, 0.3) is 5.91 Å². The van der Waals surface area contributed by atoms with Gasteiger partial charge in [0.1, 0.15) is 16.4 Å². The van der Waals surface area contributed by atoms with E-state index in [0.29, 0.717) is 12.2 Å². The molecule has 3 rings (SSSR count). The Morgan fingerprint density at radius 1 is 1.15 bits per heavy atom. The number of amides is 1. The standard InChI is InChI=1S/C21H22N2O2S2/c1-3-4-14-25-17-12-10-16(11-13-17)19(24)23-20-18(22-21(26-2)27-20)15-8-6-5-7-9-15/h5-13H,3-4,14H2,1-2H3,(H,23,24). The molecule has 0 aliphatic rings.